The molecule has 0 atom stereocenters. The van der Waals surface area contributed by atoms with Crippen molar-refractivity contribution in [3.8, 4) is 11.4 Å². The molecular weight excluding hydrogens is 266 g/mol. The SMILES string of the molecule is Cn1cc(Br)nc1-c1cc(F)ccc1F. The van der Waals surface area contributed by atoms with E-state index in [1.165, 1.54) is 0 Å². The first-order valence-electron chi connectivity index (χ1n) is 4.22. The monoisotopic (exact) mass is 272 g/mol. The maximum atomic E-state index is 13.4. The van der Waals surface area contributed by atoms with Crippen molar-refractivity contribution in [3.63, 3.8) is 0 Å². The number of aryl methyl sites for hydroxylation is 1. The summed E-state index contributed by atoms with van der Waals surface area (Å²) in [6.07, 6.45) is 1.68. The van der Waals surface area contributed by atoms with Crippen molar-refractivity contribution < 1.29 is 8.78 Å². The van der Waals surface area contributed by atoms with Gasteiger partial charge >= 0.3 is 0 Å². The molecule has 1 aromatic carbocycles. The lowest BCUT2D eigenvalue weighted by Gasteiger charge is -2.02. The van der Waals surface area contributed by atoms with Gasteiger partial charge in [0, 0.05) is 13.2 Å². The highest BCUT2D eigenvalue weighted by Crippen LogP contribution is 2.24. The van der Waals surface area contributed by atoms with Crippen LogP contribution >= 0.6 is 15.9 Å². The van der Waals surface area contributed by atoms with Crippen LogP contribution in [0, 0.1) is 11.6 Å². The van der Waals surface area contributed by atoms with Gasteiger partial charge in [0.25, 0.3) is 0 Å². The van der Waals surface area contributed by atoms with E-state index in [4.69, 9.17) is 0 Å². The average Bonchev–Trinajstić information content (AvgIpc) is 2.50. The molecule has 0 spiro atoms. The van der Waals surface area contributed by atoms with Crippen LogP contribution in [0.3, 0.4) is 0 Å². The van der Waals surface area contributed by atoms with Gasteiger partial charge in [-0.25, -0.2) is 13.8 Å². The Bertz CT molecular complexity index is 508. The molecular formula is C10H7BrF2N2. The lowest BCUT2D eigenvalue weighted by Crippen LogP contribution is -1.94. The van der Waals surface area contributed by atoms with E-state index in [0.29, 0.717) is 10.4 Å². The molecule has 1 heterocycles. The van der Waals surface area contributed by atoms with Gasteiger partial charge in [-0.2, -0.15) is 0 Å². The minimum atomic E-state index is -0.488. The van der Waals surface area contributed by atoms with Crippen LogP contribution < -0.4 is 0 Å². The Morgan fingerprint density at radius 1 is 1.33 bits per heavy atom. The Morgan fingerprint density at radius 3 is 2.67 bits per heavy atom. The van der Waals surface area contributed by atoms with Gasteiger partial charge in [0.2, 0.25) is 0 Å². The number of halogens is 3. The summed E-state index contributed by atoms with van der Waals surface area (Å²) in [6, 6.07) is 3.30. The predicted molar refractivity (Wildman–Crippen MR) is 56.3 cm³/mol. The third kappa shape index (κ3) is 1.92. The van der Waals surface area contributed by atoms with E-state index in [9.17, 15) is 8.78 Å². The molecule has 2 rings (SSSR count). The summed E-state index contributed by atoms with van der Waals surface area (Å²) in [7, 11) is 1.72. The maximum Gasteiger partial charge on any atom is 0.144 e. The third-order valence-corrected chi connectivity index (χ3v) is 2.40. The normalized spacial score (nSPS) is 10.7. The first-order chi connectivity index (χ1) is 7.08. The summed E-state index contributed by atoms with van der Waals surface area (Å²) in [6.45, 7) is 0. The van der Waals surface area contributed by atoms with Gasteiger partial charge < -0.3 is 4.57 Å². The zero-order valence-corrected chi connectivity index (χ0v) is 9.42. The summed E-state index contributed by atoms with van der Waals surface area (Å²) >= 11 is 3.18. The number of imidazole rings is 1. The summed E-state index contributed by atoms with van der Waals surface area (Å²) in [5.41, 5.74) is 0.156. The molecule has 0 aliphatic heterocycles. The smallest absolute Gasteiger partial charge is 0.144 e. The van der Waals surface area contributed by atoms with Crippen molar-refractivity contribution in [3.05, 3.63) is 40.6 Å². The Labute approximate surface area is 93.7 Å². The topological polar surface area (TPSA) is 17.8 Å². The van der Waals surface area contributed by atoms with Gasteiger partial charge in [-0.05, 0) is 34.1 Å². The van der Waals surface area contributed by atoms with E-state index in [2.05, 4.69) is 20.9 Å². The minimum absolute atomic E-state index is 0.156. The van der Waals surface area contributed by atoms with Gasteiger partial charge in [-0.3, -0.25) is 0 Å². The van der Waals surface area contributed by atoms with E-state index in [1.807, 2.05) is 0 Å². The number of benzene rings is 1. The average molecular weight is 273 g/mol. The van der Waals surface area contributed by atoms with Gasteiger partial charge in [0.05, 0.1) is 5.56 Å². The molecule has 0 saturated heterocycles. The van der Waals surface area contributed by atoms with Crippen LogP contribution in [-0.4, -0.2) is 9.55 Å². The van der Waals surface area contributed by atoms with Crippen molar-refractivity contribution in [1.82, 2.24) is 9.55 Å². The molecule has 0 aliphatic rings. The minimum Gasteiger partial charge on any atom is -0.333 e. The standard InChI is InChI=1S/C10H7BrF2N2/c1-15-5-9(11)14-10(15)7-4-6(12)2-3-8(7)13/h2-5H,1H3. The molecule has 2 nitrogen and oxygen atoms in total. The molecule has 2 aromatic rings. The number of rotatable bonds is 1. The van der Waals surface area contributed by atoms with E-state index in [1.54, 1.807) is 17.8 Å². The van der Waals surface area contributed by atoms with Crippen LogP contribution in [0.2, 0.25) is 0 Å². The number of hydrogen-bond acceptors (Lipinski definition) is 1. The lowest BCUT2D eigenvalue weighted by atomic mass is 10.2. The highest BCUT2D eigenvalue weighted by atomic mass is 79.9. The molecule has 0 unspecified atom stereocenters. The fourth-order valence-electron chi connectivity index (χ4n) is 1.35. The maximum absolute atomic E-state index is 13.4. The second kappa shape index (κ2) is 3.73. The summed E-state index contributed by atoms with van der Waals surface area (Å²) < 4.78 is 28.6. The van der Waals surface area contributed by atoms with Gasteiger partial charge in [0.1, 0.15) is 22.1 Å². The zero-order valence-electron chi connectivity index (χ0n) is 7.84. The molecule has 0 N–H and O–H groups in total. The van der Waals surface area contributed by atoms with Crippen LogP contribution in [0.4, 0.5) is 8.78 Å². The summed E-state index contributed by atoms with van der Waals surface area (Å²) in [5, 5.41) is 0. The Hall–Kier alpha value is -1.23. The third-order valence-electron chi connectivity index (χ3n) is 2.02. The first kappa shape index (κ1) is 10.3. The van der Waals surface area contributed by atoms with Crippen molar-refractivity contribution in [2.24, 2.45) is 7.05 Å². The summed E-state index contributed by atoms with van der Waals surface area (Å²) in [5.74, 6) is -0.581. The quantitative estimate of drug-likeness (QED) is 0.780. The molecule has 0 bridgehead atoms. The molecule has 0 saturated carbocycles. The summed E-state index contributed by atoms with van der Waals surface area (Å²) in [4.78, 5) is 4.06. The Morgan fingerprint density at radius 2 is 2.07 bits per heavy atom. The van der Waals surface area contributed by atoms with E-state index in [0.717, 1.165) is 18.2 Å². The van der Waals surface area contributed by atoms with Crippen molar-refractivity contribution >= 4 is 15.9 Å². The van der Waals surface area contributed by atoms with Crippen LogP contribution in [0.15, 0.2) is 29.0 Å². The van der Waals surface area contributed by atoms with Crippen LogP contribution in [0.1, 0.15) is 0 Å². The van der Waals surface area contributed by atoms with Crippen LogP contribution in [0.25, 0.3) is 11.4 Å². The molecule has 0 aliphatic carbocycles. The molecule has 1 aromatic heterocycles. The molecule has 15 heavy (non-hydrogen) atoms. The van der Waals surface area contributed by atoms with Crippen LogP contribution in [0.5, 0.6) is 0 Å². The van der Waals surface area contributed by atoms with Crippen molar-refractivity contribution in [1.29, 1.82) is 0 Å². The second-order valence-electron chi connectivity index (χ2n) is 3.12. The van der Waals surface area contributed by atoms with E-state index in [-0.39, 0.29) is 5.56 Å². The fourth-order valence-corrected chi connectivity index (χ4v) is 1.82. The Balaban J connectivity index is 2.62. The molecule has 0 radical (unpaired) electrons. The Kier molecular flexibility index (Phi) is 2.56. The lowest BCUT2D eigenvalue weighted by molar-refractivity contribution is 0.601. The predicted octanol–water partition coefficient (Wildman–Crippen LogP) is 3.13. The van der Waals surface area contributed by atoms with E-state index >= 15 is 0 Å². The second-order valence-corrected chi connectivity index (χ2v) is 3.93. The highest BCUT2D eigenvalue weighted by Gasteiger charge is 2.12. The van der Waals surface area contributed by atoms with Crippen LogP contribution in [-0.2, 0) is 7.05 Å². The molecule has 0 fully saturated rings. The van der Waals surface area contributed by atoms with Gasteiger partial charge in [0.15, 0.2) is 0 Å². The number of hydrogen-bond donors (Lipinski definition) is 0. The van der Waals surface area contributed by atoms with Gasteiger partial charge in [-0.15, -0.1) is 0 Å². The number of nitrogens with zero attached hydrogens (tertiary/aromatic N) is 2. The molecule has 5 heteroatoms. The van der Waals surface area contributed by atoms with Crippen molar-refractivity contribution in [2.75, 3.05) is 0 Å². The zero-order chi connectivity index (χ0) is 11.0. The highest BCUT2D eigenvalue weighted by molar-refractivity contribution is 9.10. The molecule has 0 amide bonds. The van der Waals surface area contributed by atoms with E-state index < -0.39 is 11.6 Å². The fraction of sp³-hybridized carbons (Fsp3) is 0.100. The van der Waals surface area contributed by atoms with Crippen molar-refractivity contribution in [2.45, 2.75) is 0 Å². The first-order valence-corrected chi connectivity index (χ1v) is 5.01. The number of aromatic nitrogens is 2. The van der Waals surface area contributed by atoms with Gasteiger partial charge in [-0.1, -0.05) is 0 Å². The molecule has 78 valence electrons. The largest absolute Gasteiger partial charge is 0.333 e.